The fourth-order valence-corrected chi connectivity index (χ4v) is 1.24. The quantitative estimate of drug-likeness (QED) is 0.516. The van der Waals surface area contributed by atoms with Crippen LogP contribution in [0.25, 0.3) is 5.57 Å². The summed E-state index contributed by atoms with van der Waals surface area (Å²) >= 11 is 0. The molecular formula is C14H16O5. The molecule has 0 aromatic heterocycles. The van der Waals surface area contributed by atoms with Crippen molar-refractivity contribution in [2.75, 3.05) is 0 Å². The van der Waals surface area contributed by atoms with Crippen molar-refractivity contribution >= 4 is 17.7 Å². The first-order valence-electron chi connectivity index (χ1n) is 5.68. The van der Waals surface area contributed by atoms with Crippen LogP contribution in [-0.2, 0) is 14.3 Å². The highest BCUT2D eigenvalue weighted by molar-refractivity contribution is 6.15. The van der Waals surface area contributed by atoms with Gasteiger partial charge in [0, 0.05) is 0 Å². The van der Waals surface area contributed by atoms with E-state index in [1.54, 1.807) is 51.1 Å². The maximum atomic E-state index is 11.3. The number of aliphatic carboxylic acids is 1. The fourth-order valence-electron chi connectivity index (χ4n) is 1.24. The molecule has 1 N–H and O–H groups in total. The molecule has 1 aromatic rings. The first-order chi connectivity index (χ1) is 8.79. The number of carbonyl (C=O) groups excluding carboxylic acids is 1. The molecule has 0 saturated carbocycles. The Hall–Kier alpha value is -2.30. The van der Waals surface area contributed by atoms with Gasteiger partial charge in [0.2, 0.25) is 0 Å². The van der Waals surface area contributed by atoms with E-state index in [1.165, 1.54) is 0 Å². The third-order valence-corrected chi connectivity index (χ3v) is 1.98. The SMILES string of the molecule is CC(C)(C)OC(=O)OC=C(C(=O)O)c1ccccc1. The predicted octanol–water partition coefficient (Wildman–Crippen LogP) is 3.06. The zero-order chi connectivity index (χ0) is 14.5. The van der Waals surface area contributed by atoms with Crippen LogP contribution in [0.3, 0.4) is 0 Å². The number of ether oxygens (including phenoxy) is 2. The van der Waals surface area contributed by atoms with Crippen molar-refractivity contribution in [3.05, 3.63) is 42.2 Å². The molecule has 0 aliphatic carbocycles. The highest BCUT2D eigenvalue weighted by Crippen LogP contribution is 2.15. The minimum atomic E-state index is -1.19. The largest absolute Gasteiger partial charge is 0.513 e. The summed E-state index contributed by atoms with van der Waals surface area (Å²) in [5.41, 5.74) is -0.369. The van der Waals surface area contributed by atoms with Crippen molar-refractivity contribution < 1.29 is 24.2 Å². The average molecular weight is 264 g/mol. The van der Waals surface area contributed by atoms with Crippen molar-refractivity contribution in [1.82, 2.24) is 0 Å². The Balaban J connectivity index is 2.82. The van der Waals surface area contributed by atoms with Crippen molar-refractivity contribution in [2.45, 2.75) is 26.4 Å². The minimum Gasteiger partial charge on any atom is -0.478 e. The molecular weight excluding hydrogens is 248 g/mol. The standard InChI is InChI=1S/C14H16O5/c1-14(2,3)19-13(17)18-9-11(12(15)16)10-7-5-4-6-8-10/h4-9H,1-3H3,(H,15,16). The first kappa shape index (κ1) is 14.8. The number of benzene rings is 1. The van der Waals surface area contributed by atoms with E-state index in [4.69, 9.17) is 14.6 Å². The van der Waals surface area contributed by atoms with E-state index in [0.29, 0.717) is 5.56 Å². The number of carbonyl (C=O) groups is 2. The van der Waals surface area contributed by atoms with Gasteiger partial charge in [-0.3, -0.25) is 0 Å². The van der Waals surface area contributed by atoms with Gasteiger partial charge in [-0.15, -0.1) is 0 Å². The second-order valence-corrected chi connectivity index (χ2v) is 4.78. The molecule has 1 aromatic carbocycles. The Morgan fingerprint density at radius 3 is 2.21 bits per heavy atom. The van der Waals surface area contributed by atoms with Gasteiger partial charge in [-0.2, -0.15) is 0 Å². The minimum absolute atomic E-state index is 0.119. The molecule has 102 valence electrons. The van der Waals surface area contributed by atoms with E-state index in [1.807, 2.05) is 0 Å². The van der Waals surface area contributed by atoms with Gasteiger partial charge < -0.3 is 14.6 Å². The molecule has 0 spiro atoms. The van der Waals surface area contributed by atoms with E-state index in [2.05, 4.69) is 0 Å². The number of carboxylic acid groups (broad SMARTS) is 1. The summed E-state index contributed by atoms with van der Waals surface area (Å²) in [6, 6.07) is 8.37. The van der Waals surface area contributed by atoms with Crippen LogP contribution >= 0.6 is 0 Å². The van der Waals surface area contributed by atoms with Gasteiger partial charge in [0.25, 0.3) is 0 Å². The molecule has 0 aliphatic heterocycles. The molecule has 0 bridgehead atoms. The van der Waals surface area contributed by atoms with Crippen LogP contribution in [-0.4, -0.2) is 22.8 Å². The lowest BCUT2D eigenvalue weighted by molar-refractivity contribution is -0.130. The van der Waals surface area contributed by atoms with Crippen molar-refractivity contribution in [3.63, 3.8) is 0 Å². The summed E-state index contributed by atoms with van der Waals surface area (Å²) in [6.07, 6.45) is -0.0617. The molecule has 1 rings (SSSR count). The van der Waals surface area contributed by atoms with Gasteiger partial charge in [-0.05, 0) is 26.3 Å². The molecule has 19 heavy (non-hydrogen) atoms. The van der Waals surface area contributed by atoms with Gasteiger partial charge in [-0.1, -0.05) is 30.3 Å². The summed E-state index contributed by atoms with van der Waals surface area (Å²) < 4.78 is 9.60. The Morgan fingerprint density at radius 1 is 1.16 bits per heavy atom. The summed E-state index contributed by atoms with van der Waals surface area (Å²) in [5.74, 6) is -1.19. The lowest BCUT2D eigenvalue weighted by Gasteiger charge is -2.17. The Labute approximate surface area is 111 Å². The summed E-state index contributed by atoms with van der Waals surface area (Å²) in [6.45, 7) is 5.06. The van der Waals surface area contributed by atoms with Gasteiger partial charge in [0.15, 0.2) is 0 Å². The van der Waals surface area contributed by atoms with Crippen LogP contribution in [0.1, 0.15) is 26.3 Å². The van der Waals surface area contributed by atoms with Crippen LogP contribution in [0, 0.1) is 0 Å². The van der Waals surface area contributed by atoms with Crippen LogP contribution in [0.15, 0.2) is 36.6 Å². The third kappa shape index (κ3) is 5.25. The summed E-state index contributed by atoms with van der Waals surface area (Å²) in [5, 5.41) is 9.07. The van der Waals surface area contributed by atoms with E-state index >= 15 is 0 Å². The van der Waals surface area contributed by atoms with Gasteiger partial charge in [-0.25, -0.2) is 9.59 Å². The monoisotopic (exact) mass is 264 g/mol. The lowest BCUT2D eigenvalue weighted by Crippen LogP contribution is -2.23. The van der Waals surface area contributed by atoms with Crippen molar-refractivity contribution in [3.8, 4) is 0 Å². The van der Waals surface area contributed by atoms with Crippen LogP contribution in [0.2, 0.25) is 0 Å². The fraction of sp³-hybridized carbons (Fsp3) is 0.286. The molecule has 0 amide bonds. The second kappa shape index (κ2) is 6.04. The first-order valence-corrected chi connectivity index (χ1v) is 5.68. The number of hydrogen-bond donors (Lipinski definition) is 1. The van der Waals surface area contributed by atoms with Gasteiger partial charge in [0.1, 0.15) is 17.4 Å². The molecule has 0 fully saturated rings. The van der Waals surface area contributed by atoms with Gasteiger partial charge >= 0.3 is 12.1 Å². The second-order valence-electron chi connectivity index (χ2n) is 4.78. The average Bonchev–Trinajstić information content (AvgIpc) is 2.27. The van der Waals surface area contributed by atoms with Gasteiger partial charge in [0.05, 0.1) is 0 Å². The van der Waals surface area contributed by atoms with E-state index in [9.17, 15) is 9.59 Å². The van der Waals surface area contributed by atoms with Crippen molar-refractivity contribution in [2.24, 2.45) is 0 Å². The lowest BCUT2D eigenvalue weighted by atomic mass is 10.1. The molecule has 0 heterocycles. The Kier molecular flexibility index (Phi) is 4.69. The number of hydrogen-bond acceptors (Lipinski definition) is 4. The maximum Gasteiger partial charge on any atom is 0.513 e. The van der Waals surface area contributed by atoms with Crippen LogP contribution in [0.5, 0.6) is 0 Å². The van der Waals surface area contributed by atoms with Crippen LogP contribution < -0.4 is 0 Å². The zero-order valence-corrected chi connectivity index (χ0v) is 11.0. The summed E-state index contributed by atoms with van der Waals surface area (Å²) in [7, 11) is 0. The third-order valence-electron chi connectivity index (χ3n) is 1.98. The highest BCUT2D eigenvalue weighted by atomic mass is 16.7. The maximum absolute atomic E-state index is 11.3. The normalized spacial score (nSPS) is 11.8. The number of rotatable bonds is 3. The summed E-state index contributed by atoms with van der Waals surface area (Å²) in [4.78, 5) is 22.4. The molecule has 0 atom stereocenters. The van der Waals surface area contributed by atoms with E-state index in [0.717, 1.165) is 6.26 Å². The Bertz CT molecular complexity index is 482. The zero-order valence-electron chi connectivity index (χ0n) is 11.0. The topological polar surface area (TPSA) is 72.8 Å². The Morgan fingerprint density at radius 2 is 1.74 bits per heavy atom. The molecule has 0 saturated heterocycles. The molecule has 0 aliphatic rings. The molecule has 5 nitrogen and oxygen atoms in total. The predicted molar refractivity (Wildman–Crippen MR) is 69.4 cm³/mol. The smallest absolute Gasteiger partial charge is 0.478 e. The van der Waals surface area contributed by atoms with Crippen molar-refractivity contribution in [1.29, 1.82) is 0 Å². The molecule has 0 unspecified atom stereocenters. The molecule has 5 heteroatoms. The highest BCUT2D eigenvalue weighted by Gasteiger charge is 2.18. The van der Waals surface area contributed by atoms with E-state index in [-0.39, 0.29) is 5.57 Å². The van der Waals surface area contributed by atoms with Crippen LogP contribution in [0.4, 0.5) is 4.79 Å². The molecule has 0 radical (unpaired) electrons. The van der Waals surface area contributed by atoms with E-state index < -0.39 is 17.7 Å². The number of carboxylic acids is 1.